The molecule has 1 heterocycles. The monoisotopic (exact) mass is 350 g/mol. The Balaban J connectivity index is 1.54. The lowest BCUT2D eigenvalue weighted by Crippen LogP contribution is -2.24. The highest BCUT2D eigenvalue weighted by Gasteiger charge is 2.09. The molecule has 1 amide bonds. The molecule has 3 rings (SSSR count). The summed E-state index contributed by atoms with van der Waals surface area (Å²) in [6, 6.07) is 17.8. The first-order valence-electron chi connectivity index (χ1n) is 8.35. The molecule has 0 aliphatic rings. The van der Waals surface area contributed by atoms with E-state index in [9.17, 15) is 9.18 Å². The Hall–Kier alpha value is -3.28. The maximum atomic E-state index is 13.6. The Labute approximate surface area is 151 Å². The number of carbonyl (C=O) groups excluding carboxylic acids is 1. The van der Waals surface area contributed by atoms with Gasteiger partial charge in [-0.2, -0.15) is 0 Å². The molecule has 5 nitrogen and oxygen atoms in total. The van der Waals surface area contributed by atoms with Gasteiger partial charge in [-0.15, -0.1) is 0 Å². The third-order valence-corrected chi connectivity index (χ3v) is 3.82. The highest BCUT2D eigenvalue weighted by atomic mass is 19.1. The number of nitrogens with one attached hydrogen (secondary N) is 2. The van der Waals surface area contributed by atoms with Crippen molar-refractivity contribution in [2.24, 2.45) is 0 Å². The Morgan fingerprint density at radius 1 is 1.00 bits per heavy atom. The number of hydrogen-bond acceptors (Lipinski definition) is 4. The highest BCUT2D eigenvalue weighted by molar-refractivity contribution is 5.92. The van der Waals surface area contributed by atoms with Crippen LogP contribution in [0.5, 0.6) is 0 Å². The van der Waals surface area contributed by atoms with Crippen LogP contribution >= 0.6 is 0 Å². The van der Waals surface area contributed by atoms with Crippen LogP contribution in [0.2, 0.25) is 0 Å². The van der Waals surface area contributed by atoms with E-state index in [1.807, 2.05) is 30.3 Å². The number of rotatable bonds is 7. The topological polar surface area (TPSA) is 66.9 Å². The third kappa shape index (κ3) is 4.86. The van der Waals surface area contributed by atoms with E-state index in [1.54, 1.807) is 24.3 Å². The Morgan fingerprint density at radius 3 is 2.58 bits per heavy atom. The zero-order valence-electron chi connectivity index (χ0n) is 14.2. The molecular weight excluding hydrogens is 331 g/mol. The van der Waals surface area contributed by atoms with E-state index in [4.69, 9.17) is 0 Å². The minimum absolute atomic E-state index is 0.232. The fourth-order valence-corrected chi connectivity index (χ4v) is 2.45. The minimum Gasteiger partial charge on any atom is -0.354 e. The van der Waals surface area contributed by atoms with Gasteiger partial charge in [0.2, 0.25) is 5.95 Å². The summed E-state index contributed by atoms with van der Waals surface area (Å²) in [6.07, 6.45) is 2.02. The molecule has 1 aromatic heterocycles. The van der Waals surface area contributed by atoms with Gasteiger partial charge in [0.1, 0.15) is 11.5 Å². The summed E-state index contributed by atoms with van der Waals surface area (Å²) in [6.45, 7) is 0.899. The normalized spacial score (nSPS) is 10.3. The summed E-state index contributed by atoms with van der Waals surface area (Å²) in [5.74, 6) is -0.161. The van der Waals surface area contributed by atoms with Crippen molar-refractivity contribution in [3.8, 4) is 0 Å². The molecule has 132 valence electrons. The summed E-state index contributed by atoms with van der Waals surface area (Å²) in [4.78, 5) is 20.5. The van der Waals surface area contributed by atoms with Gasteiger partial charge < -0.3 is 10.6 Å². The number of halogens is 1. The zero-order chi connectivity index (χ0) is 18.2. The van der Waals surface area contributed by atoms with Crippen LogP contribution in [0, 0.1) is 5.82 Å². The first-order valence-corrected chi connectivity index (χ1v) is 8.35. The molecule has 0 radical (unpaired) electrons. The zero-order valence-corrected chi connectivity index (χ0v) is 14.2. The Morgan fingerprint density at radius 2 is 1.77 bits per heavy atom. The molecule has 0 atom stereocenters. The number of carbonyl (C=O) groups is 1. The van der Waals surface area contributed by atoms with Crippen LogP contribution < -0.4 is 10.6 Å². The minimum atomic E-state index is -0.270. The summed E-state index contributed by atoms with van der Waals surface area (Å²) >= 11 is 0. The van der Waals surface area contributed by atoms with E-state index in [2.05, 4.69) is 20.6 Å². The lowest BCUT2D eigenvalue weighted by molar-refractivity contribution is 0.0946. The second-order valence-electron chi connectivity index (χ2n) is 5.70. The quantitative estimate of drug-likeness (QED) is 0.687. The van der Waals surface area contributed by atoms with Crippen molar-refractivity contribution in [3.63, 3.8) is 0 Å². The number of benzene rings is 2. The molecule has 0 aliphatic carbocycles. The first kappa shape index (κ1) is 17.5. The molecule has 3 aromatic rings. The summed E-state index contributed by atoms with van der Waals surface area (Å²) in [5, 5.41) is 5.85. The molecule has 26 heavy (non-hydrogen) atoms. The maximum absolute atomic E-state index is 13.6. The maximum Gasteiger partial charge on any atom is 0.270 e. The van der Waals surface area contributed by atoms with Crippen LogP contribution in [0.3, 0.4) is 0 Å². The average molecular weight is 350 g/mol. The van der Waals surface area contributed by atoms with Crippen LogP contribution in [0.25, 0.3) is 0 Å². The second-order valence-corrected chi connectivity index (χ2v) is 5.70. The van der Waals surface area contributed by atoms with Gasteiger partial charge in [-0.3, -0.25) is 4.79 Å². The van der Waals surface area contributed by atoms with Crippen molar-refractivity contribution in [2.45, 2.75) is 13.0 Å². The molecule has 6 heteroatoms. The van der Waals surface area contributed by atoms with Crippen molar-refractivity contribution in [1.29, 1.82) is 0 Å². The van der Waals surface area contributed by atoms with E-state index >= 15 is 0 Å². The number of amides is 1. The Bertz CT molecular complexity index is 870. The van der Waals surface area contributed by atoms with E-state index in [1.165, 1.54) is 12.3 Å². The molecule has 0 aliphatic heterocycles. The summed E-state index contributed by atoms with van der Waals surface area (Å²) in [7, 11) is 0. The molecular formula is C20H19FN4O. The SMILES string of the molecule is O=C(NCc1ccccc1)c1ccnc(NCCc2ccccc2F)n1. The summed E-state index contributed by atoms with van der Waals surface area (Å²) in [5.41, 5.74) is 1.92. The fourth-order valence-electron chi connectivity index (χ4n) is 2.45. The average Bonchev–Trinajstić information content (AvgIpc) is 2.69. The van der Waals surface area contributed by atoms with E-state index in [0.717, 1.165) is 5.56 Å². The van der Waals surface area contributed by atoms with Gasteiger partial charge in [-0.25, -0.2) is 14.4 Å². The van der Waals surface area contributed by atoms with Crippen LogP contribution in [-0.2, 0) is 13.0 Å². The van der Waals surface area contributed by atoms with Crippen LogP contribution in [-0.4, -0.2) is 22.4 Å². The fraction of sp³-hybridized carbons (Fsp3) is 0.150. The Kier molecular flexibility index (Phi) is 5.88. The standard InChI is InChI=1S/C20H19FN4O/c21-17-9-5-4-8-16(17)10-12-22-20-23-13-11-18(25-20)19(26)24-14-15-6-2-1-3-7-15/h1-9,11,13H,10,12,14H2,(H,24,26)(H,22,23,25). The van der Waals surface area contributed by atoms with Crippen LogP contribution in [0.1, 0.15) is 21.6 Å². The van der Waals surface area contributed by atoms with Gasteiger partial charge in [0.15, 0.2) is 0 Å². The van der Waals surface area contributed by atoms with Gasteiger partial charge in [-0.1, -0.05) is 48.5 Å². The van der Waals surface area contributed by atoms with Crippen molar-refractivity contribution >= 4 is 11.9 Å². The molecule has 2 aromatic carbocycles. The van der Waals surface area contributed by atoms with Crippen LogP contribution in [0.4, 0.5) is 10.3 Å². The van der Waals surface area contributed by atoms with Crippen LogP contribution in [0.15, 0.2) is 66.9 Å². The number of hydrogen-bond donors (Lipinski definition) is 2. The first-order chi connectivity index (χ1) is 12.7. The molecule has 0 unspecified atom stereocenters. The second kappa shape index (κ2) is 8.71. The van der Waals surface area contributed by atoms with Crippen molar-refractivity contribution in [1.82, 2.24) is 15.3 Å². The van der Waals surface area contributed by atoms with Crippen molar-refractivity contribution in [3.05, 3.63) is 89.5 Å². The summed E-state index contributed by atoms with van der Waals surface area (Å²) < 4.78 is 13.6. The largest absolute Gasteiger partial charge is 0.354 e. The number of nitrogens with zero attached hydrogens (tertiary/aromatic N) is 2. The van der Waals surface area contributed by atoms with Gasteiger partial charge >= 0.3 is 0 Å². The smallest absolute Gasteiger partial charge is 0.270 e. The lowest BCUT2D eigenvalue weighted by atomic mass is 10.1. The predicted octanol–water partition coefficient (Wildman–Crippen LogP) is 3.20. The van der Waals surface area contributed by atoms with Crippen molar-refractivity contribution < 1.29 is 9.18 Å². The van der Waals surface area contributed by atoms with Gasteiger partial charge in [0.05, 0.1) is 0 Å². The molecule has 0 saturated heterocycles. The molecule has 0 fully saturated rings. The molecule has 0 bridgehead atoms. The van der Waals surface area contributed by atoms with E-state index < -0.39 is 0 Å². The van der Waals surface area contributed by atoms with Gasteiger partial charge in [0.25, 0.3) is 5.91 Å². The lowest BCUT2D eigenvalue weighted by Gasteiger charge is -2.08. The number of anilines is 1. The highest BCUT2D eigenvalue weighted by Crippen LogP contribution is 2.08. The van der Waals surface area contributed by atoms with Gasteiger partial charge in [-0.05, 0) is 29.7 Å². The van der Waals surface area contributed by atoms with E-state index in [-0.39, 0.29) is 17.4 Å². The van der Waals surface area contributed by atoms with E-state index in [0.29, 0.717) is 31.0 Å². The van der Waals surface area contributed by atoms with Crippen molar-refractivity contribution in [2.75, 3.05) is 11.9 Å². The number of aromatic nitrogens is 2. The molecule has 0 spiro atoms. The molecule has 2 N–H and O–H groups in total. The third-order valence-electron chi connectivity index (χ3n) is 3.82. The predicted molar refractivity (Wildman–Crippen MR) is 98.2 cm³/mol. The molecule has 0 saturated carbocycles. The van der Waals surface area contributed by atoms with Gasteiger partial charge in [0, 0.05) is 19.3 Å².